The molecule has 0 aromatic heterocycles. The third kappa shape index (κ3) is 4.88. The topological polar surface area (TPSA) is 49.3 Å². The van der Waals surface area contributed by atoms with Crippen LogP contribution >= 0.6 is 0 Å². The molecule has 0 bridgehead atoms. The first-order chi connectivity index (χ1) is 8.69. The number of nitrogens with one attached hydrogen (secondary N) is 1. The van der Waals surface area contributed by atoms with Gasteiger partial charge in [0.2, 0.25) is 5.91 Å². The van der Waals surface area contributed by atoms with Crippen LogP contribution in [0.4, 0.5) is 0 Å². The fourth-order valence-corrected chi connectivity index (χ4v) is 1.89. The summed E-state index contributed by atoms with van der Waals surface area (Å²) in [4.78, 5) is 11.8. The molecule has 1 amide bonds. The summed E-state index contributed by atoms with van der Waals surface area (Å²) in [6.07, 6.45) is 2.89. The fourth-order valence-electron chi connectivity index (χ4n) is 1.89. The van der Waals surface area contributed by atoms with Crippen LogP contribution in [0.1, 0.15) is 37.8 Å². The number of rotatable bonds is 7. The van der Waals surface area contributed by atoms with Crippen LogP contribution in [0.2, 0.25) is 0 Å². The highest BCUT2D eigenvalue weighted by atomic mass is 16.3. The molecule has 0 aliphatic carbocycles. The number of aliphatic hydroxyl groups excluding tert-OH is 1. The normalized spacial score (nSPS) is 12.2. The van der Waals surface area contributed by atoms with E-state index in [4.69, 9.17) is 5.11 Å². The van der Waals surface area contributed by atoms with Crippen LogP contribution in [0.25, 0.3) is 0 Å². The van der Waals surface area contributed by atoms with Gasteiger partial charge in [-0.2, -0.15) is 0 Å². The lowest BCUT2D eigenvalue weighted by Gasteiger charge is -2.15. The van der Waals surface area contributed by atoms with Gasteiger partial charge in [0.1, 0.15) is 0 Å². The lowest BCUT2D eigenvalue weighted by molar-refractivity contribution is -0.121. The second-order valence-electron chi connectivity index (χ2n) is 4.53. The standard InChI is InChI=1S/C15H23NO2/c1-3-12-5-7-13(8-6-12)11-15(18)16-14(4-2)9-10-17/h5-8,14,17H,3-4,9-11H2,1-2H3,(H,16,18). The molecule has 2 N–H and O–H groups in total. The van der Waals surface area contributed by atoms with Crippen LogP contribution in [-0.4, -0.2) is 23.7 Å². The second-order valence-corrected chi connectivity index (χ2v) is 4.53. The van der Waals surface area contributed by atoms with Crippen molar-refractivity contribution in [3.05, 3.63) is 35.4 Å². The van der Waals surface area contributed by atoms with E-state index in [1.54, 1.807) is 0 Å². The van der Waals surface area contributed by atoms with Gasteiger partial charge in [-0.1, -0.05) is 38.1 Å². The molecule has 1 atom stereocenters. The molecule has 0 spiro atoms. The zero-order valence-electron chi connectivity index (χ0n) is 11.3. The van der Waals surface area contributed by atoms with Gasteiger partial charge in [0.15, 0.2) is 0 Å². The molecule has 0 radical (unpaired) electrons. The van der Waals surface area contributed by atoms with E-state index in [-0.39, 0.29) is 18.6 Å². The summed E-state index contributed by atoms with van der Waals surface area (Å²) in [5.74, 6) is 0.0274. The smallest absolute Gasteiger partial charge is 0.224 e. The molecule has 0 saturated carbocycles. The van der Waals surface area contributed by atoms with Gasteiger partial charge < -0.3 is 10.4 Å². The van der Waals surface area contributed by atoms with Crippen molar-refractivity contribution in [1.82, 2.24) is 5.32 Å². The van der Waals surface area contributed by atoms with Crippen LogP contribution < -0.4 is 5.32 Å². The van der Waals surface area contributed by atoms with E-state index in [9.17, 15) is 4.79 Å². The lowest BCUT2D eigenvalue weighted by Crippen LogP contribution is -2.36. The van der Waals surface area contributed by atoms with Crippen molar-refractivity contribution >= 4 is 5.91 Å². The number of hydrogen-bond acceptors (Lipinski definition) is 2. The molecule has 0 saturated heterocycles. The summed E-state index contributed by atoms with van der Waals surface area (Å²) in [6, 6.07) is 8.22. The largest absolute Gasteiger partial charge is 0.396 e. The van der Waals surface area contributed by atoms with Crippen molar-refractivity contribution in [3.8, 4) is 0 Å². The molecular weight excluding hydrogens is 226 g/mol. The van der Waals surface area contributed by atoms with E-state index >= 15 is 0 Å². The third-order valence-electron chi connectivity index (χ3n) is 3.13. The summed E-state index contributed by atoms with van der Waals surface area (Å²) in [5.41, 5.74) is 2.31. The highest BCUT2D eigenvalue weighted by Crippen LogP contribution is 2.06. The van der Waals surface area contributed by atoms with E-state index in [0.717, 1.165) is 18.4 Å². The highest BCUT2D eigenvalue weighted by Gasteiger charge is 2.10. The van der Waals surface area contributed by atoms with Gasteiger partial charge in [-0.05, 0) is 30.4 Å². The Morgan fingerprint density at radius 3 is 2.33 bits per heavy atom. The number of hydrogen-bond donors (Lipinski definition) is 2. The van der Waals surface area contributed by atoms with E-state index < -0.39 is 0 Å². The van der Waals surface area contributed by atoms with Crippen LogP contribution in [0.15, 0.2) is 24.3 Å². The Morgan fingerprint density at radius 1 is 1.22 bits per heavy atom. The summed E-state index contributed by atoms with van der Waals surface area (Å²) in [6.45, 7) is 4.24. The first-order valence-electron chi connectivity index (χ1n) is 6.67. The van der Waals surface area contributed by atoms with E-state index in [2.05, 4.69) is 24.4 Å². The van der Waals surface area contributed by atoms with Crippen LogP contribution in [0, 0.1) is 0 Å². The zero-order chi connectivity index (χ0) is 13.4. The van der Waals surface area contributed by atoms with Crippen molar-refractivity contribution in [2.24, 2.45) is 0 Å². The average molecular weight is 249 g/mol. The van der Waals surface area contributed by atoms with Gasteiger partial charge in [0.05, 0.1) is 6.42 Å². The third-order valence-corrected chi connectivity index (χ3v) is 3.13. The zero-order valence-corrected chi connectivity index (χ0v) is 11.3. The van der Waals surface area contributed by atoms with Crippen molar-refractivity contribution in [2.45, 2.75) is 45.6 Å². The molecule has 18 heavy (non-hydrogen) atoms. The number of aryl methyl sites for hydroxylation is 1. The summed E-state index contributed by atoms with van der Waals surface area (Å²) < 4.78 is 0. The fraction of sp³-hybridized carbons (Fsp3) is 0.533. The Bertz CT molecular complexity index is 359. The molecule has 3 nitrogen and oxygen atoms in total. The number of amides is 1. The molecule has 1 aromatic carbocycles. The lowest BCUT2D eigenvalue weighted by atomic mass is 10.1. The molecule has 0 fully saturated rings. The Kier molecular flexibility index (Phi) is 6.44. The van der Waals surface area contributed by atoms with Crippen molar-refractivity contribution < 1.29 is 9.90 Å². The summed E-state index contributed by atoms with van der Waals surface area (Å²) in [7, 11) is 0. The Balaban J connectivity index is 2.47. The molecule has 1 aromatic rings. The van der Waals surface area contributed by atoms with Gasteiger partial charge >= 0.3 is 0 Å². The van der Waals surface area contributed by atoms with Gasteiger partial charge in [-0.3, -0.25) is 4.79 Å². The summed E-state index contributed by atoms with van der Waals surface area (Å²) in [5, 5.41) is 11.8. The second kappa shape index (κ2) is 7.88. The van der Waals surface area contributed by atoms with Gasteiger partial charge in [-0.25, -0.2) is 0 Å². The number of carbonyl (C=O) groups excluding carboxylic acids is 1. The maximum atomic E-state index is 11.8. The molecule has 1 unspecified atom stereocenters. The van der Waals surface area contributed by atoms with Crippen LogP contribution in [-0.2, 0) is 17.6 Å². The highest BCUT2D eigenvalue weighted by molar-refractivity contribution is 5.78. The number of benzene rings is 1. The molecule has 0 heterocycles. The molecule has 100 valence electrons. The minimum absolute atomic E-state index is 0.0274. The first-order valence-corrected chi connectivity index (χ1v) is 6.67. The van der Waals surface area contributed by atoms with E-state index in [1.165, 1.54) is 5.56 Å². The number of aliphatic hydroxyl groups is 1. The van der Waals surface area contributed by atoms with Crippen molar-refractivity contribution in [1.29, 1.82) is 0 Å². The Hall–Kier alpha value is -1.35. The predicted molar refractivity (Wildman–Crippen MR) is 73.4 cm³/mol. The van der Waals surface area contributed by atoms with Crippen molar-refractivity contribution in [3.63, 3.8) is 0 Å². The Morgan fingerprint density at radius 2 is 1.83 bits per heavy atom. The van der Waals surface area contributed by atoms with Crippen molar-refractivity contribution in [2.75, 3.05) is 6.61 Å². The number of carbonyl (C=O) groups is 1. The van der Waals surface area contributed by atoms with Gasteiger partial charge in [-0.15, -0.1) is 0 Å². The van der Waals surface area contributed by atoms with Gasteiger partial charge in [0.25, 0.3) is 0 Å². The SMILES string of the molecule is CCc1ccc(CC(=O)NC(CC)CCO)cc1. The molecule has 1 rings (SSSR count). The minimum atomic E-state index is 0.0274. The Labute approximate surface area is 109 Å². The molecular formula is C15H23NO2. The van der Waals surface area contributed by atoms with Crippen LogP contribution in [0.5, 0.6) is 0 Å². The summed E-state index contributed by atoms with van der Waals surface area (Å²) >= 11 is 0. The van der Waals surface area contributed by atoms with Crippen LogP contribution in [0.3, 0.4) is 0 Å². The molecule has 0 aliphatic rings. The maximum absolute atomic E-state index is 11.8. The first kappa shape index (κ1) is 14.7. The quantitative estimate of drug-likeness (QED) is 0.777. The van der Waals surface area contributed by atoms with Gasteiger partial charge in [0, 0.05) is 12.6 Å². The molecule has 0 aliphatic heterocycles. The molecule has 3 heteroatoms. The average Bonchev–Trinajstić information content (AvgIpc) is 2.39. The van der Waals surface area contributed by atoms with E-state index in [1.807, 2.05) is 19.1 Å². The maximum Gasteiger partial charge on any atom is 0.224 e. The minimum Gasteiger partial charge on any atom is -0.396 e. The predicted octanol–water partition coefficient (Wildman–Crippen LogP) is 2.07. The van der Waals surface area contributed by atoms with E-state index in [0.29, 0.717) is 12.8 Å². The monoisotopic (exact) mass is 249 g/mol.